The maximum Gasteiger partial charge on any atom is 0.488 e. The Morgan fingerprint density at radius 3 is 2.25 bits per heavy atom. The van der Waals surface area contributed by atoms with Crippen LogP contribution in [0.15, 0.2) is 24.3 Å². The molecular formula is C14H24BNO4. The van der Waals surface area contributed by atoms with Crippen LogP contribution in [0.5, 0.6) is 0 Å². The van der Waals surface area contributed by atoms with Crippen LogP contribution in [0.3, 0.4) is 0 Å². The maximum absolute atomic E-state index is 11.8. The lowest BCUT2D eigenvalue weighted by molar-refractivity contribution is 0.0589. The second-order valence-corrected chi connectivity index (χ2v) is 5.01. The number of amides is 1. The maximum atomic E-state index is 11.8. The zero-order chi connectivity index (χ0) is 15.9. The van der Waals surface area contributed by atoms with Gasteiger partial charge in [0, 0.05) is 12.7 Å². The molecule has 6 heteroatoms. The van der Waals surface area contributed by atoms with Gasteiger partial charge in [0.15, 0.2) is 0 Å². The highest BCUT2D eigenvalue weighted by Gasteiger charge is 2.21. The van der Waals surface area contributed by atoms with E-state index in [2.05, 4.69) is 0 Å². The third-order valence-electron chi connectivity index (χ3n) is 2.22. The van der Waals surface area contributed by atoms with E-state index in [1.807, 2.05) is 13.8 Å². The Morgan fingerprint density at radius 2 is 1.80 bits per heavy atom. The van der Waals surface area contributed by atoms with Crippen LogP contribution in [0, 0.1) is 0 Å². The molecule has 0 aliphatic carbocycles. The fraction of sp³-hybridized carbons (Fsp3) is 0.500. The van der Waals surface area contributed by atoms with Crippen LogP contribution < -0.4 is 10.4 Å². The van der Waals surface area contributed by atoms with E-state index in [-0.39, 0.29) is 0 Å². The molecule has 5 nitrogen and oxygen atoms in total. The van der Waals surface area contributed by atoms with E-state index in [1.165, 1.54) is 11.0 Å². The van der Waals surface area contributed by atoms with E-state index in [0.29, 0.717) is 11.2 Å². The Morgan fingerprint density at radius 1 is 1.25 bits per heavy atom. The van der Waals surface area contributed by atoms with Crippen molar-refractivity contribution in [2.24, 2.45) is 0 Å². The minimum absolute atomic E-state index is 0.322. The molecule has 0 fully saturated rings. The van der Waals surface area contributed by atoms with Gasteiger partial charge in [-0.15, -0.1) is 0 Å². The minimum atomic E-state index is -1.56. The molecule has 1 aromatic rings. The lowest BCUT2D eigenvalue weighted by Crippen LogP contribution is -2.35. The van der Waals surface area contributed by atoms with Crippen molar-refractivity contribution in [3.63, 3.8) is 0 Å². The first kappa shape index (κ1) is 18.5. The molecule has 0 aliphatic heterocycles. The van der Waals surface area contributed by atoms with Crippen molar-refractivity contribution in [1.29, 1.82) is 0 Å². The van der Waals surface area contributed by atoms with Gasteiger partial charge in [-0.2, -0.15) is 0 Å². The van der Waals surface area contributed by atoms with Crippen LogP contribution in [-0.4, -0.2) is 35.9 Å². The van der Waals surface area contributed by atoms with Gasteiger partial charge in [-0.25, -0.2) is 4.79 Å². The van der Waals surface area contributed by atoms with E-state index < -0.39 is 18.8 Å². The molecule has 0 bridgehead atoms. The fourth-order valence-electron chi connectivity index (χ4n) is 1.33. The minimum Gasteiger partial charge on any atom is -0.443 e. The van der Waals surface area contributed by atoms with Gasteiger partial charge in [0.05, 0.1) is 0 Å². The monoisotopic (exact) mass is 281 g/mol. The van der Waals surface area contributed by atoms with Gasteiger partial charge in [-0.1, -0.05) is 26.0 Å². The molecule has 1 rings (SSSR count). The molecule has 0 unspecified atom stereocenters. The van der Waals surface area contributed by atoms with E-state index in [9.17, 15) is 4.79 Å². The van der Waals surface area contributed by atoms with Crippen molar-refractivity contribution in [3.05, 3.63) is 24.3 Å². The number of rotatable bonds is 2. The summed E-state index contributed by atoms with van der Waals surface area (Å²) in [5.41, 5.74) is 0.289. The van der Waals surface area contributed by atoms with Crippen LogP contribution in [0.2, 0.25) is 0 Å². The Balaban J connectivity index is 0.00000172. The van der Waals surface area contributed by atoms with Gasteiger partial charge < -0.3 is 14.8 Å². The molecule has 1 amide bonds. The van der Waals surface area contributed by atoms with E-state index in [1.54, 1.807) is 46.0 Å². The van der Waals surface area contributed by atoms with Crippen molar-refractivity contribution in [2.45, 2.75) is 40.2 Å². The standard InChI is InChI=1S/C12H18BNO4.C2H6/c1-12(2,3)18-11(15)14(4)10-7-5-6-9(8-10)13(16)17;1-2/h5-8,16-17H,1-4H3;1-2H3. The van der Waals surface area contributed by atoms with E-state index in [0.717, 1.165) is 0 Å². The Hall–Kier alpha value is -1.53. The Labute approximate surface area is 121 Å². The lowest BCUT2D eigenvalue weighted by atomic mass is 9.80. The second-order valence-electron chi connectivity index (χ2n) is 5.01. The van der Waals surface area contributed by atoms with Gasteiger partial charge in [-0.3, -0.25) is 4.90 Å². The number of hydrogen-bond donors (Lipinski definition) is 2. The molecule has 0 atom stereocenters. The van der Waals surface area contributed by atoms with Gasteiger partial charge in [0.1, 0.15) is 5.60 Å². The highest BCUT2D eigenvalue weighted by molar-refractivity contribution is 6.58. The molecule has 2 N–H and O–H groups in total. The van der Waals surface area contributed by atoms with Crippen LogP contribution in [0.25, 0.3) is 0 Å². The third kappa shape index (κ3) is 6.08. The molecule has 0 heterocycles. The number of ether oxygens (including phenoxy) is 1. The summed E-state index contributed by atoms with van der Waals surface area (Å²) in [6, 6.07) is 6.42. The van der Waals surface area contributed by atoms with Crippen LogP contribution in [0.1, 0.15) is 34.6 Å². The molecule has 0 aromatic heterocycles. The second kappa shape index (κ2) is 7.92. The average Bonchev–Trinajstić information content (AvgIpc) is 2.38. The SMILES string of the molecule is CC.CN(C(=O)OC(C)(C)C)c1cccc(B(O)O)c1. The summed E-state index contributed by atoms with van der Waals surface area (Å²) in [6.07, 6.45) is -0.493. The van der Waals surface area contributed by atoms with E-state index >= 15 is 0 Å². The first-order chi connectivity index (χ1) is 9.20. The van der Waals surface area contributed by atoms with Crippen molar-refractivity contribution in [1.82, 2.24) is 0 Å². The van der Waals surface area contributed by atoms with Crippen LogP contribution in [0.4, 0.5) is 10.5 Å². The van der Waals surface area contributed by atoms with Crippen molar-refractivity contribution < 1.29 is 19.6 Å². The quantitative estimate of drug-likeness (QED) is 0.810. The molecule has 0 radical (unpaired) electrons. The van der Waals surface area contributed by atoms with Gasteiger partial charge >= 0.3 is 13.2 Å². The summed E-state index contributed by atoms with van der Waals surface area (Å²) in [5, 5.41) is 18.2. The van der Waals surface area contributed by atoms with E-state index in [4.69, 9.17) is 14.8 Å². The number of hydrogen-bond acceptors (Lipinski definition) is 4. The highest BCUT2D eigenvalue weighted by Crippen LogP contribution is 2.15. The molecule has 20 heavy (non-hydrogen) atoms. The zero-order valence-corrected chi connectivity index (χ0v) is 13.0. The summed E-state index contributed by atoms with van der Waals surface area (Å²) in [5.74, 6) is 0. The highest BCUT2D eigenvalue weighted by atomic mass is 16.6. The number of benzene rings is 1. The molecular weight excluding hydrogens is 257 g/mol. The topological polar surface area (TPSA) is 70.0 Å². The van der Waals surface area contributed by atoms with Gasteiger partial charge in [0.2, 0.25) is 0 Å². The molecule has 112 valence electrons. The average molecular weight is 281 g/mol. The van der Waals surface area contributed by atoms with Gasteiger partial charge in [0.25, 0.3) is 0 Å². The number of carbonyl (C=O) groups is 1. The zero-order valence-electron chi connectivity index (χ0n) is 13.0. The summed E-state index contributed by atoms with van der Waals surface area (Å²) < 4.78 is 5.22. The summed E-state index contributed by atoms with van der Waals surface area (Å²) in [4.78, 5) is 13.1. The fourth-order valence-corrected chi connectivity index (χ4v) is 1.33. The largest absolute Gasteiger partial charge is 0.488 e. The molecule has 0 spiro atoms. The molecule has 0 saturated heterocycles. The van der Waals surface area contributed by atoms with Crippen molar-refractivity contribution in [3.8, 4) is 0 Å². The first-order valence-electron chi connectivity index (χ1n) is 6.63. The molecule has 0 aliphatic rings. The van der Waals surface area contributed by atoms with Crippen molar-refractivity contribution >= 4 is 24.4 Å². The number of carbonyl (C=O) groups excluding carboxylic acids is 1. The Bertz CT molecular complexity index is 429. The smallest absolute Gasteiger partial charge is 0.443 e. The number of nitrogens with zero attached hydrogens (tertiary/aromatic N) is 1. The predicted molar refractivity (Wildman–Crippen MR) is 82.3 cm³/mol. The Kier molecular flexibility index (Phi) is 7.31. The first-order valence-corrected chi connectivity index (χ1v) is 6.63. The lowest BCUT2D eigenvalue weighted by Gasteiger charge is -2.24. The van der Waals surface area contributed by atoms with Crippen LogP contribution >= 0.6 is 0 Å². The van der Waals surface area contributed by atoms with Crippen molar-refractivity contribution in [2.75, 3.05) is 11.9 Å². The normalized spacial score (nSPS) is 10.2. The molecule has 0 saturated carbocycles. The summed E-state index contributed by atoms with van der Waals surface area (Å²) >= 11 is 0. The third-order valence-corrected chi connectivity index (χ3v) is 2.22. The van der Waals surface area contributed by atoms with Gasteiger partial charge in [-0.05, 0) is 38.4 Å². The van der Waals surface area contributed by atoms with Crippen LogP contribution in [-0.2, 0) is 4.74 Å². The number of anilines is 1. The molecule has 1 aromatic carbocycles. The summed E-state index contributed by atoms with van der Waals surface area (Å²) in [6.45, 7) is 9.35. The summed E-state index contributed by atoms with van der Waals surface area (Å²) in [7, 11) is 0.00806. The predicted octanol–water partition coefficient (Wildman–Crippen LogP) is 1.76.